The van der Waals surface area contributed by atoms with Crippen LogP contribution in [-0.2, 0) is 6.54 Å². The van der Waals surface area contributed by atoms with E-state index in [4.69, 9.17) is 0 Å². The third-order valence-corrected chi connectivity index (χ3v) is 4.13. The van der Waals surface area contributed by atoms with Crippen LogP contribution < -0.4 is 5.32 Å². The molecule has 92 valence electrons. The molecule has 3 rings (SSSR count). The van der Waals surface area contributed by atoms with Crippen LogP contribution in [0.1, 0.15) is 30.4 Å². The zero-order valence-electron chi connectivity index (χ0n) is 10.7. The highest BCUT2D eigenvalue weighted by atomic mass is 15.2. The van der Waals surface area contributed by atoms with Crippen molar-refractivity contribution in [2.45, 2.75) is 44.8 Å². The summed E-state index contributed by atoms with van der Waals surface area (Å²) in [5.74, 6) is 0. The first kappa shape index (κ1) is 11.2. The second-order valence-electron chi connectivity index (χ2n) is 5.52. The van der Waals surface area contributed by atoms with E-state index in [9.17, 15) is 0 Å². The Hall–Kier alpha value is -0.860. The van der Waals surface area contributed by atoms with Gasteiger partial charge in [-0.3, -0.25) is 4.90 Å². The Morgan fingerprint density at radius 1 is 1.24 bits per heavy atom. The number of benzene rings is 1. The van der Waals surface area contributed by atoms with E-state index < -0.39 is 0 Å². The summed E-state index contributed by atoms with van der Waals surface area (Å²) >= 11 is 0. The summed E-state index contributed by atoms with van der Waals surface area (Å²) in [5, 5.41) is 3.71. The minimum Gasteiger partial charge on any atom is -0.309 e. The fraction of sp³-hybridized carbons (Fsp3) is 0.600. The topological polar surface area (TPSA) is 15.3 Å². The molecule has 1 aromatic carbocycles. The number of aryl methyl sites for hydroxylation is 1. The Kier molecular flexibility index (Phi) is 3.17. The molecule has 1 N–H and O–H groups in total. The third kappa shape index (κ3) is 2.70. The Bertz CT molecular complexity index is 384. The molecule has 0 amide bonds. The summed E-state index contributed by atoms with van der Waals surface area (Å²) in [6.45, 7) is 5.78. The first-order valence-corrected chi connectivity index (χ1v) is 6.85. The van der Waals surface area contributed by atoms with Crippen LogP contribution in [0.5, 0.6) is 0 Å². The lowest BCUT2D eigenvalue weighted by atomic mass is 10.1. The molecule has 1 aliphatic carbocycles. The van der Waals surface area contributed by atoms with Gasteiger partial charge in [-0.2, -0.15) is 0 Å². The number of hydrogen-bond acceptors (Lipinski definition) is 2. The summed E-state index contributed by atoms with van der Waals surface area (Å²) in [5.41, 5.74) is 2.84. The summed E-state index contributed by atoms with van der Waals surface area (Å²) in [6, 6.07) is 10.3. The average molecular weight is 230 g/mol. The molecular formula is C15H22N2. The smallest absolute Gasteiger partial charge is 0.0211 e. The summed E-state index contributed by atoms with van der Waals surface area (Å²) in [6.07, 6.45) is 4.19. The van der Waals surface area contributed by atoms with Crippen LogP contribution in [0.4, 0.5) is 0 Å². The minimum absolute atomic E-state index is 0.704. The Labute approximate surface area is 104 Å². The first-order chi connectivity index (χ1) is 8.33. The van der Waals surface area contributed by atoms with E-state index in [1.54, 1.807) is 0 Å². The predicted molar refractivity (Wildman–Crippen MR) is 71.0 cm³/mol. The second kappa shape index (κ2) is 4.79. The standard InChI is InChI=1S/C15H22N2/c1-12-4-2-3-5-13(12)10-16-14-8-9-17(11-14)15-6-7-15/h2-5,14-16H,6-11H2,1H3. The molecule has 2 heteroatoms. The summed E-state index contributed by atoms with van der Waals surface area (Å²) < 4.78 is 0. The van der Waals surface area contributed by atoms with Gasteiger partial charge in [0.2, 0.25) is 0 Å². The molecular weight excluding hydrogens is 208 g/mol. The van der Waals surface area contributed by atoms with Crippen molar-refractivity contribution in [1.29, 1.82) is 0 Å². The number of rotatable bonds is 4. The molecule has 1 unspecified atom stereocenters. The van der Waals surface area contributed by atoms with Crippen molar-refractivity contribution in [2.24, 2.45) is 0 Å². The Morgan fingerprint density at radius 2 is 2.06 bits per heavy atom. The van der Waals surface area contributed by atoms with Gasteiger partial charge in [0, 0.05) is 31.7 Å². The second-order valence-corrected chi connectivity index (χ2v) is 5.52. The molecule has 0 spiro atoms. The molecule has 0 bridgehead atoms. The van der Waals surface area contributed by atoms with E-state index in [2.05, 4.69) is 41.4 Å². The molecule has 1 aliphatic heterocycles. The third-order valence-electron chi connectivity index (χ3n) is 4.13. The lowest BCUT2D eigenvalue weighted by Crippen LogP contribution is -2.33. The highest BCUT2D eigenvalue weighted by molar-refractivity contribution is 5.25. The molecule has 1 atom stereocenters. The van der Waals surface area contributed by atoms with Crippen LogP contribution in [0.3, 0.4) is 0 Å². The van der Waals surface area contributed by atoms with Crippen LogP contribution in [0.2, 0.25) is 0 Å². The molecule has 1 saturated carbocycles. The minimum atomic E-state index is 0.704. The first-order valence-electron chi connectivity index (χ1n) is 6.85. The molecule has 1 saturated heterocycles. The molecule has 17 heavy (non-hydrogen) atoms. The molecule has 2 fully saturated rings. The van der Waals surface area contributed by atoms with Crippen molar-refractivity contribution >= 4 is 0 Å². The van der Waals surface area contributed by atoms with Crippen LogP contribution in [0.15, 0.2) is 24.3 Å². The highest BCUT2D eigenvalue weighted by Gasteiger charge is 2.33. The number of hydrogen-bond donors (Lipinski definition) is 1. The molecule has 2 aliphatic rings. The maximum absolute atomic E-state index is 3.71. The molecule has 1 aromatic rings. The maximum atomic E-state index is 3.71. The molecule has 1 heterocycles. The van der Waals surface area contributed by atoms with E-state index >= 15 is 0 Å². The van der Waals surface area contributed by atoms with E-state index in [0.29, 0.717) is 6.04 Å². The van der Waals surface area contributed by atoms with Gasteiger partial charge in [0.25, 0.3) is 0 Å². The lowest BCUT2D eigenvalue weighted by Gasteiger charge is -2.16. The van der Waals surface area contributed by atoms with Crippen LogP contribution >= 0.6 is 0 Å². The summed E-state index contributed by atoms with van der Waals surface area (Å²) in [7, 11) is 0. The van der Waals surface area contributed by atoms with E-state index in [-0.39, 0.29) is 0 Å². The van der Waals surface area contributed by atoms with Gasteiger partial charge in [-0.15, -0.1) is 0 Å². The predicted octanol–water partition coefficient (Wildman–Crippen LogP) is 2.32. The molecule has 0 radical (unpaired) electrons. The maximum Gasteiger partial charge on any atom is 0.0211 e. The SMILES string of the molecule is Cc1ccccc1CNC1CCN(C2CC2)C1. The molecule has 2 nitrogen and oxygen atoms in total. The van der Waals surface area contributed by atoms with E-state index in [1.165, 1.54) is 43.5 Å². The van der Waals surface area contributed by atoms with E-state index in [0.717, 1.165) is 12.6 Å². The fourth-order valence-corrected chi connectivity index (χ4v) is 2.79. The van der Waals surface area contributed by atoms with Gasteiger partial charge in [0.1, 0.15) is 0 Å². The number of nitrogens with zero attached hydrogens (tertiary/aromatic N) is 1. The van der Waals surface area contributed by atoms with Crippen molar-refractivity contribution in [3.05, 3.63) is 35.4 Å². The lowest BCUT2D eigenvalue weighted by molar-refractivity contribution is 0.317. The average Bonchev–Trinajstić information content (AvgIpc) is 3.08. The van der Waals surface area contributed by atoms with Crippen molar-refractivity contribution in [2.75, 3.05) is 13.1 Å². The van der Waals surface area contributed by atoms with Crippen molar-refractivity contribution in [3.63, 3.8) is 0 Å². The Balaban J connectivity index is 1.50. The monoisotopic (exact) mass is 230 g/mol. The zero-order valence-corrected chi connectivity index (χ0v) is 10.7. The van der Waals surface area contributed by atoms with Crippen LogP contribution in [0.25, 0.3) is 0 Å². The largest absolute Gasteiger partial charge is 0.309 e. The number of nitrogens with one attached hydrogen (secondary N) is 1. The zero-order chi connectivity index (χ0) is 11.7. The van der Waals surface area contributed by atoms with Crippen molar-refractivity contribution < 1.29 is 0 Å². The van der Waals surface area contributed by atoms with E-state index in [1.807, 2.05) is 0 Å². The van der Waals surface area contributed by atoms with Gasteiger partial charge in [-0.25, -0.2) is 0 Å². The number of likely N-dealkylation sites (tertiary alicyclic amines) is 1. The Morgan fingerprint density at radius 3 is 2.82 bits per heavy atom. The van der Waals surface area contributed by atoms with Gasteiger partial charge in [-0.05, 0) is 37.3 Å². The highest BCUT2D eigenvalue weighted by Crippen LogP contribution is 2.29. The van der Waals surface area contributed by atoms with Crippen LogP contribution in [-0.4, -0.2) is 30.1 Å². The summed E-state index contributed by atoms with van der Waals surface area (Å²) in [4.78, 5) is 2.66. The van der Waals surface area contributed by atoms with Gasteiger partial charge < -0.3 is 5.32 Å². The quantitative estimate of drug-likeness (QED) is 0.854. The van der Waals surface area contributed by atoms with Crippen molar-refractivity contribution in [1.82, 2.24) is 10.2 Å². The van der Waals surface area contributed by atoms with Crippen LogP contribution in [0, 0.1) is 6.92 Å². The van der Waals surface area contributed by atoms with Gasteiger partial charge in [0.15, 0.2) is 0 Å². The van der Waals surface area contributed by atoms with Crippen molar-refractivity contribution in [3.8, 4) is 0 Å². The normalized spacial score (nSPS) is 25.4. The molecule has 0 aromatic heterocycles. The fourth-order valence-electron chi connectivity index (χ4n) is 2.79. The van der Waals surface area contributed by atoms with Gasteiger partial charge in [-0.1, -0.05) is 24.3 Å². The van der Waals surface area contributed by atoms with Gasteiger partial charge >= 0.3 is 0 Å². The van der Waals surface area contributed by atoms with Gasteiger partial charge in [0.05, 0.1) is 0 Å².